The minimum Gasteiger partial charge on any atom is -0.467 e. The molecule has 0 fully saturated rings. The summed E-state index contributed by atoms with van der Waals surface area (Å²) in [5.41, 5.74) is 1.02. The average Bonchev–Trinajstić information content (AvgIpc) is 2.38. The molecule has 0 aromatic heterocycles. The Bertz CT molecular complexity index is 403. The van der Waals surface area contributed by atoms with E-state index in [2.05, 4.69) is 5.32 Å². The molecule has 1 N–H and O–H groups in total. The van der Waals surface area contributed by atoms with Gasteiger partial charge in [0.25, 0.3) is 0 Å². The van der Waals surface area contributed by atoms with Crippen LogP contribution in [-0.2, 0) is 14.3 Å². The molecule has 0 aliphatic heterocycles. The third-order valence-electron chi connectivity index (χ3n) is 2.88. The first-order valence-electron chi connectivity index (χ1n) is 6.00. The molecule has 1 amide bonds. The lowest BCUT2D eigenvalue weighted by atomic mass is 9.89. The monoisotopic (exact) mass is 249 g/mol. The third-order valence-corrected chi connectivity index (χ3v) is 2.88. The molecule has 4 nitrogen and oxygen atoms in total. The molecular formula is C14H19NO3. The van der Waals surface area contributed by atoms with Crippen molar-refractivity contribution in [2.75, 3.05) is 7.11 Å². The summed E-state index contributed by atoms with van der Waals surface area (Å²) in [5.74, 6) is -0.733. The number of methoxy groups -OCH3 is 1. The van der Waals surface area contributed by atoms with E-state index in [0.717, 1.165) is 12.0 Å². The zero-order valence-corrected chi connectivity index (χ0v) is 11.0. The highest BCUT2D eigenvalue weighted by Gasteiger charge is 2.29. The van der Waals surface area contributed by atoms with Gasteiger partial charge >= 0.3 is 5.97 Å². The van der Waals surface area contributed by atoms with E-state index in [4.69, 9.17) is 4.74 Å². The standard InChI is InChI=1S/C14H19NO3/c1-4-12(11-8-6-5-7-9-11)13(14(17)18-3)15-10(2)16/h5-9,12-13H,4H2,1-3H3,(H,15,16)/t12-,13-/m0/s1. The van der Waals surface area contributed by atoms with Gasteiger partial charge in [-0.1, -0.05) is 37.3 Å². The number of hydrogen-bond acceptors (Lipinski definition) is 3. The summed E-state index contributed by atoms with van der Waals surface area (Å²) >= 11 is 0. The lowest BCUT2D eigenvalue weighted by Gasteiger charge is -2.25. The van der Waals surface area contributed by atoms with E-state index in [-0.39, 0.29) is 11.8 Å². The van der Waals surface area contributed by atoms with Crippen molar-refractivity contribution in [2.24, 2.45) is 0 Å². The van der Waals surface area contributed by atoms with Crippen LogP contribution in [0.5, 0.6) is 0 Å². The molecule has 0 aliphatic rings. The summed E-state index contributed by atoms with van der Waals surface area (Å²) in [6.07, 6.45) is 0.740. The predicted molar refractivity (Wildman–Crippen MR) is 69.1 cm³/mol. The second-order valence-corrected chi connectivity index (χ2v) is 4.13. The summed E-state index contributed by atoms with van der Waals surface area (Å²) < 4.78 is 4.76. The second-order valence-electron chi connectivity index (χ2n) is 4.13. The van der Waals surface area contributed by atoms with Gasteiger partial charge < -0.3 is 10.1 Å². The number of rotatable bonds is 5. The highest BCUT2D eigenvalue weighted by molar-refractivity contribution is 5.84. The minimum absolute atomic E-state index is 0.0810. The van der Waals surface area contributed by atoms with Gasteiger partial charge in [0.05, 0.1) is 7.11 Å². The molecule has 2 atom stereocenters. The Morgan fingerprint density at radius 2 is 1.89 bits per heavy atom. The molecule has 18 heavy (non-hydrogen) atoms. The largest absolute Gasteiger partial charge is 0.467 e. The Morgan fingerprint density at radius 1 is 1.28 bits per heavy atom. The van der Waals surface area contributed by atoms with Crippen LogP contribution in [0.2, 0.25) is 0 Å². The number of amides is 1. The van der Waals surface area contributed by atoms with Gasteiger partial charge in [-0.15, -0.1) is 0 Å². The number of benzene rings is 1. The summed E-state index contributed by atoms with van der Waals surface area (Å²) in [7, 11) is 1.33. The van der Waals surface area contributed by atoms with Crippen LogP contribution in [0.1, 0.15) is 31.7 Å². The summed E-state index contributed by atoms with van der Waals surface area (Å²) in [4.78, 5) is 23.0. The first-order chi connectivity index (χ1) is 8.60. The van der Waals surface area contributed by atoms with Crippen LogP contribution in [0.15, 0.2) is 30.3 Å². The number of ether oxygens (including phenoxy) is 1. The van der Waals surface area contributed by atoms with Gasteiger partial charge in [0.15, 0.2) is 0 Å². The van der Waals surface area contributed by atoms with E-state index in [0.29, 0.717) is 0 Å². The maximum atomic E-state index is 11.8. The van der Waals surface area contributed by atoms with Crippen molar-refractivity contribution in [1.29, 1.82) is 0 Å². The molecule has 0 spiro atoms. The molecule has 0 saturated heterocycles. The van der Waals surface area contributed by atoms with Crippen LogP contribution >= 0.6 is 0 Å². The van der Waals surface area contributed by atoms with E-state index in [1.165, 1.54) is 14.0 Å². The summed E-state index contributed by atoms with van der Waals surface area (Å²) in [5, 5.41) is 2.67. The average molecular weight is 249 g/mol. The van der Waals surface area contributed by atoms with Gasteiger partial charge in [0.1, 0.15) is 6.04 Å². The number of esters is 1. The van der Waals surface area contributed by atoms with Crippen LogP contribution in [0.4, 0.5) is 0 Å². The molecule has 1 rings (SSSR count). The fourth-order valence-corrected chi connectivity index (χ4v) is 2.03. The fraction of sp³-hybridized carbons (Fsp3) is 0.429. The predicted octanol–water partition coefficient (Wildman–Crippen LogP) is 1.86. The van der Waals surface area contributed by atoms with Gasteiger partial charge in [-0.3, -0.25) is 4.79 Å². The minimum atomic E-state index is -0.639. The zero-order valence-electron chi connectivity index (χ0n) is 11.0. The van der Waals surface area contributed by atoms with Crippen molar-refractivity contribution >= 4 is 11.9 Å². The van der Waals surface area contributed by atoms with Gasteiger partial charge in [0, 0.05) is 12.8 Å². The van der Waals surface area contributed by atoms with Crippen LogP contribution in [0, 0.1) is 0 Å². The molecule has 1 aromatic carbocycles. The van der Waals surface area contributed by atoms with Crippen LogP contribution in [0.25, 0.3) is 0 Å². The normalized spacial score (nSPS) is 13.5. The van der Waals surface area contributed by atoms with Crippen LogP contribution in [-0.4, -0.2) is 25.0 Å². The zero-order chi connectivity index (χ0) is 13.5. The van der Waals surface area contributed by atoms with Crippen LogP contribution in [0.3, 0.4) is 0 Å². The van der Waals surface area contributed by atoms with E-state index in [1.54, 1.807) is 0 Å². The molecule has 4 heteroatoms. The SMILES string of the molecule is CC[C@@H](c1ccccc1)[C@H](NC(C)=O)C(=O)OC. The molecule has 0 heterocycles. The molecule has 98 valence electrons. The Hall–Kier alpha value is -1.84. The number of hydrogen-bond donors (Lipinski definition) is 1. The molecule has 0 radical (unpaired) electrons. The Morgan fingerprint density at radius 3 is 2.33 bits per heavy atom. The fourth-order valence-electron chi connectivity index (χ4n) is 2.03. The molecule has 0 unspecified atom stereocenters. The second kappa shape index (κ2) is 6.79. The number of nitrogens with one attached hydrogen (secondary N) is 1. The van der Waals surface area contributed by atoms with Crippen molar-refractivity contribution in [2.45, 2.75) is 32.2 Å². The van der Waals surface area contributed by atoms with E-state index in [1.807, 2.05) is 37.3 Å². The first-order valence-corrected chi connectivity index (χ1v) is 6.00. The Labute approximate surface area is 107 Å². The summed E-state index contributed by atoms with van der Waals surface area (Å²) in [6, 6.07) is 9.01. The molecule has 1 aromatic rings. The maximum Gasteiger partial charge on any atom is 0.329 e. The Balaban J connectivity index is 3.00. The third kappa shape index (κ3) is 3.58. The Kier molecular flexibility index (Phi) is 5.36. The number of carbonyl (C=O) groups excluding carboxylic acids is 2. The van der Waals surface area contributed by atoms with E-state index in [9.17, 15) is 9.59 Å². The van der Waals surface area contributed by atoms with E-state index < -0.39 is 12.0 Å². The van der Waals surface area contributed by atoms with Crippen molar-refractivity contribution in [3.63, 3.8) is 0 Å². The molecular weight excluding hydrogens is 230 g/mol. The lowest BCUT2D eigenvalue weighted by Crippen LogP contribution is -2.44. The smallest absolute Gasteiger partial charge is 0.329 e. The van der Waals surface area contributed by atoms with Gasteiger partial charge in [-0.05, 0) is 12.0 Å². The topological polar surface area (TPSA) is 55.4 Å². The highest BCUT2D eigenvalue weighted by Crippen LogP contribution is 2.24. The molecule has 0 saturated carbocycles. The summed E-state index contributed by atoms with van der Waals surface area (Å²) in [6.45, 7) is 3.38. The quantitative estimate of drug-likeness (QED) is 0.810. The van der Waals surface area contributed by atoms with Crippen molar-refractivity contribution in [1.82, 2.24) is 5.32 Å². The molecule has 0 aliphatic carbocycles. The van der Waals surface area contributed by atoms with Gasteiger partial charge in [-0.2, -0.15) is 0 Å². The van der Waals surface area contributed by atoms with Crippen LogP contribution < -0.4 is 5.32 Å². The van der Waals surface area contributed by atoms with Crippen molar-refractivity contribution in [3.8, 4) is 0 Å². The van der Waals surface area contributed by atoms with E-state index >= 15 is 0 Å². The maximum absolute atomic E-state index is 11.8. The number of carbonyl (C=O) groups is 2. The highest BCUT2D eigenvalue weighted by atomic mass is 16.5. The van der Waals surface area contributed by atoms with Gasteiger partial charge in [-0.25, -0.2) is 4.79 Å². The first kappa shape index (κ1) is 14.2. The van der Waals surface area contributed by atoms with Crippen molar-refractivity contribution < 1.29 is 14.3 Å². The van der Waals surface area contributed by atoms with Crippen molar-refractivity contribution in [3.05, 3.63) is 35.9 Å². The van der Waals surface area contributed by atoms with Gasteiger partial charge in [0.2, 0.25) is 5.91 Å². The lowest BCUT2D eigenvalue weighted by molar-refractivity contribution is -0.145. The molecule has 0 bridgehead atoms.